The van der Waals surface area contributed by atoms with Crippen molar-refractivity contribution in [2.24, 2.45) is 0 Å². The molecule has 0 aliphatic rings. The van der Waals surface area contributed by atoms with Crippen LogP contribution in [0.5, 0.6) is 0 Å². The van der Waals surface area contributed by atoms with Crippen molar-refractivity contribution in [3.8, 4) is 0 Å². The second kappa shape index (κ2) is 39.6. The van der Waals surface area contributed by atoms with Gasteiger partial charge in [0, 0.05) is 19.4 Å². The topological polar surface area (TPSA) is 76.1 Å². The van der Waals surface area contributed by atoms with Crippen LogP contribution in [0, 0.1) is 0 Å². The average Bonchev–Trinajstić information content (AvgIpc) is 3.09. The predicted octanol–water partition coefficient (Wildman–Crippen LogP) is 12.3. The number of aliphatic hydroxyl groups excluding tert-OH is 1. The van der Waals surface area contributed by atoms with Crippen molar-refractivity contribution in [3.05, 3.63) is 0 Å². The van der Waals surface area contributed by atoms with Crippen LogP contribution >= 0.6 is 0 Å². The first-order chi connectivity index (χ1) is 24.1. The van der Waals surface area contributed by atoms with Gasteiger partial charge < -0.3 is 19.5 Å². The number of unbranched alkanes of at least 4 members (excludes halogenated alkanes) is 23. The van der Waals surface area contributed by atoms with Crippen molar-refractivity contribution >= 4 is 11.9 Å². The highest BCUT2D eigenvalue weighted by molar-refractivity contribution is 5.69. The van der Waals surface area contributed by atoms with Gasteiger partial charge in [-0.1, -0.05) is 156 Å². The van der Waals surface area contributed by atoms with Gasteiger partial charge in [-0.2, -0.15) is 0 Å². The molecule has 0 bridgehead atoms. The highest BCUT2D eigenvalue weighted by Gasteiger charge is 2.14. The maximum Gasteiger partial charge on any atom is 0.306 e. The van der Waals surface area contributed by atoms with Gasteiger partial charge in [-0.05, 0) is 70.9 Å². The third-order valence-corrected chi connectivity index (χ3v) is 9.95. The summed E-state index contributed by atoms with van der Waals surface area (Å²) in [7, 11) is 0. The van der Waals surface area contributed by atoms with Gasteiger partial charge in [0.25, 0.3) is 0 Å². The molecule has 1 N–H and O–H groups in total. The zero-order valence-corrected chi connectivity index (χ0v) is 33.3. The molecular formula is C43H85NO5. The summed E-state index contributed by atoms with van der Waals surface area (Å²) < 4.78 is 11.4. The first-order valence-electron chi connectivity index (χ1n) is 21.8. The molecule has 0 heterocycles. The molecule has 0 atom stereocenters. The highest BCUT2D eigenvalue weighted by atomic mass is 16.5. The lowest BCUT2D eigenvalue weighted by Gasteiger charge is -2.21. The molecule has 0 spiro atoms. The molecule has 0 rings (SSSR count). The quantitative estimate of drug-likeness (QED) is 0.0508. The number of hydrogen-bond acceptors (Lipinski definition) is 6. The van der Waals surface area contributed by atoms with Crippen molar-refractivity contribution < 1.29 is 24.2 Å². The van der Waals surface area contributed by atoms with E-state index in [1.54, 1.807) is 0 Å². The van der Waals surface area contributed by atoms with Crippen LogP contribution in [0.2, 0.25) is 0 Å². The summed E-state index contributed by atoms with van der Waals surface area (Å²) in [5, 5.41) is 9.53. The predicted molar refractivity (Wildman–Crippen MR) is 209 cm³/mol. The van der Waals surface area contributed by atoms with Gasteiger partial charge in [-0.3, -0.25) is 9.59 Å². The lowest BCUT2D eigenvalue weighted by atomic mass is 10.0. The number of carbonyl (C=O) groups excluding carboxylic acids is 2. The second-order valence-electron chi connectivity index (χ2n) is 14.8. The minimum atomic E-state index is -0.0539. The van der Waals surface area contributed by atoms with Gasteiger partial charge in [0.1, 0.15) is 6.10 Å². The van der Waals surface area contributed by atoms with Gasteiger partial charge in [0.15, 0.2) is 0 Å². The monoisotopic (exact) mass is 696 g/mol. The zero-order chi connectivity index (χ0) is 35.9. The van der Waals surface area contributed by atoms with Gasteiger partial charge >= 0.3 is 11.9 Å². The summed E-state index contributed by atoms with van der Waals surface area (Å²) >= 11 is 0. The van der Waals surface area contributed by atoms with E-state index in [1.807, 2.05) is 0 Å². The van der Waals surface area contributed by atoms with Crippen LogP contribution in [0.4, 0.5) is 0 Å². The van der Waals surface area contributed by atoms with Gasteiger partial charge in [0.2, 0.25) is 0 Å². The molecule has 0 aliphatic carbocycles. The fourth-order valence-corrected chi connectivity index (χ4v) is 6.70. The normalized spacial score (nSPS) is 11.6. The number of ether oxygens (including phenoxy) is 2. The average molecular weight is 696 g/mol. The van der Waals surface area contributed by atoms with E-state index in [4.69, 9.17) is 9.47 Å². The zero-order valence-electron chi connectivity index (χ0n) is 33.3. The first kappa shape index (κ1) is 47.9. The van der Waals surface area contributed by atoms with Crippen LogP contribution in [0.15, 0.2) is 0 Å². The molecule has 0 amide bonds. The number of aliphatic hydroxyl groups is 1. The number of hydrogen-bond donors (Lipinski definition) is 1. The highest BCUT2D eigenvalue weighted by Crippen LogP contribution is 2.18. The molecule has 0 aromatic rings. The van der Waals surface area contributed by atoms with E-state index in [9.17, 15) is 14.7 Å². The number of rotatable bonds is 40. The molecule has 49 heavy (non-hydrogen) atoms. The molecule has 6 heteroatoms. The molecule has 0 radical (unpaired) electrons. The summed E-state index contributed by atoms with van der Waals surface area (Å²) in [5.74, 6) is -0.0574. The molecule has 0 saturated carbocycles. The third-order valence-electron chi connectivity index (χ3n) is 9.95. The van der Waals surface area contributed by atoms with E-state index in [0.717, 1.165) is 83.7 Å². The van der Waals surface area contributed by atoms with Crippen molar-refractivity contribution in [1.82, 2.24) is 4.90 Å². The van der Waals surface area contributed by atoms with Crippen LogP contribution in [-0.4, -0.2) is 60.9 Å². The number of nitrogens with zero attached hydrogens (tertiary/aromatic N) is 1. The van der Waals surface area contributed by atoms with E-state index >= 15 is 0 Å². The van der Waals surface area contributed by atoms with Gasteiger partial charge in [-0.15, -0.1) is 0 Å². The molecule has 0 unspecified atom stereocenters. The molecular weight excluding hydrogens is 610 g/mol. The lowest BCUT2D eigenvalue weighted by molar-refractivity contribution is -0.150. The molecule has 292 valence electrons. The summed E-state index contributed by atoms with van der Waals surface area (Å²) in [6, 6.07) is 0. The Morgan fingerprint density at radius 2 is 0.857 bits per heavy atom. The smallest absolute Gasteiger partial charge is 0.306 e. The van der Waals surface area contributed by atoms with Crippen molar-refractivity contribution in [1.29, 1.82) is 0 Å². The SMILES string of the molecule is CCCCCCCCCCCOC(=O)CCCCCN(CCO)CCCCCCC(=O)OC(CCCCCCCC)CCCCCCCC. The summed E-state index contributed by atoms with van der Waals surface area (Å²) in [4.78, 5) is 27.1. The van der Waals surface area contributed by atoms with Crippen molar-refractivity contribution in [3.63, 3.8) is 0 Å². The molecule has 0 aromatic carbocycles. The summed E-state index contributed by atoms with van der Waals surface area (Å²) in [6.07, 6.45) is 37.0. The van der Waals surface area contributed by atoms with E-state index in [0.29, 0.717) is 26.0 Å². The standard InChI is InChI=1S/C43H85NO5/c1-4-7-10-13-16-17-18-23-31-40-48-42(46)34-28-24-30-37-44(38-39-45)36-29-22-21-27-35-43(47)49-41(32-25-19-14-11-8-5-2)33-26-20-15-12-9-6-3/h41,45H,4-40H2,1-3H3. The Balaban J connectivity index is 3.99. The second-order valence-corrected chi connectivity index (χ2v) is 14.8. The van der Waals surface area contributed by atoms with Crippen molar-refractivity contribution in [2.45, 2.75) is 232 Å². The largest absolute Gasteiger partial charge is 0.466 e. The Morgan fingerprint density at radius 3 is 1.35 bits per heavy atom. The maximum atomic E-state index is 12.7. The van der Waals surface area contributed by atoms with Crippen LogP contribution in [0.1, 0.15) is 226 Å². The van der Waals surface area contributed by atoms with E-state index in [2.05, 4.69) is 25.7 Å². The molecule has 0 aromatic heterocycles. The first-order valence-corrected chi connectivity index (χ1v) is 21.8. The summed E-state index contributed by atoms with van der Waals surface area (Å²) in [5.41, 5.74) is 0. The minimum absolute atomic E-state index is 0.00347. The van der Waals surface area contributed by atoms with E-state index in [-0.39, 0.29) is 24.6 Å². The Labute approximate surface area is 305 Å². The summed E-state index contributed by atoms with van der Waals surface area (Å²) in [6.45, 7) is 10.1. The van der Waals surface area contributed by atoms with Crippen LogP contribution in [0.3, 0.4) is 0 Å². The number of carbonyl (C=O) groups is 2. The molecule has 0 fully saturated rings. The van der Waals surface area contributed by atoms with Crippen molar-refractivity contribution in [2.75, 3.05) is 32.8 Å². The fraction of sp³-hybridized carbons (Fsp3) is 0.953. The van der Waals surface area contributed by atoms with E-state index < -0.39 is 0 Å². The fourth-order valence-electron chi connectivity index (χ4n) is 6.70. The molecule has 6 nitrogen and oxygen atoms in total. The lowest BCUT2D eigenvalue weighted by Crippen LogP contribution is -2.29. The van der Waals surface area contributed by atoms with Gasteiger partial charge in [-0.25, -0.2) is 0 Å². The third kappa shape index (κ3) is 36.5. The Bertz CT molecular complexity index is 671. The van der Waals surface area contributed by atoms with Crippen LogP contribution in [-0.2, 0) is 19.1 Å². The molecule has 0 saturated heterocycles. The molecule has 0 aliphatic heterocycles. The minimum Gasteiger partial charge on any atom is -0.466 e. The van der Waals surface area contributed by atoms with Gasteiger partial charge in [0.05, 0.1) is 13.2 Å². The maximum absolute atomic E-state index is 12.7. The Kier molecular flexibility index (Phi) is 38.7. The Hall–Kier alpha value is -1.14. The van der Waals surface area contributed by atoms with Crippen LogP contribution in [0.25, 0.3) is 0 Å². The van der Waals surface area contributed by atoms with E-state index in [1.165, 1.54) is 122 Å². The number of esters is 2. The van der Waals surface area contributed by atoms with Crippen LogP contribution < -0.4 is 0 Å². The Morgan fingerprint density at radius 1 is 0.469 bits per heavy atom.